The normalized spacial score (nSPS) is 10.7. The van der Waals surface area contributed by atoms with Crippen molar-refractivity contribution in [2.75, 3.05) is 38.7 Å². The van der Waals surface area contributed by atoms with Crippen molar-refractivity contribution in [2.45, 2.75) is 26.3 Å². The van der Waals surface area contributed by atoms with Gasteiger partial charge in [0.15, 0.2) is 0 Å². The summed E-state index contributed by atoms with van der Waals surface area (Å²) in [5.41, 5.74) is 1.41. The Kier molecular flexibility index (Phi) is 10.2. The number of hydrogen-bond acceptors (Lipinski definition) is 3. The molecular weight excluding hydrogens is 439 g/mol. The minimum absolute atomic E-state index is 0.0435. The molecular formula is C22H30Cl2N4O3. The number of methoxy groups -OCH3 is 1. The van der Waals surface area contributed by atoms with Crippen LogP contribution in [0.15, 0.2) is 36.5 Å². The van der Waals surface area contributed by atoms with Gasteiger partial charge in [-0.15, -0.1) is 0 Å². The molecule has 0 fully saturated rings. The maximum Gasteiger partial charge on any atom is 0.322 e. The lowest BCUT2D eigenvalue weighted by Crippen LogP contribution is -2.45. The molecule has 3 amide bonds. The largest absolute Gasteiger partial charge is 0.383 e. The summed E-state index contributed by atoms with van der Waals surface area (Å²) in [6, 6.07) is 8.54. The number of ether oxygens (including phenoxy) is 1. The number of benzene rings is 1. The number of amides is 3. The van der Waals surface area contributed by atoms with Gasteiger partial charge in [0.25, 0.3) is 0 Å². The van der Waals surface area contributed by atoms with Crippen molar-refractivity contribution in [1.82, 2.24) is 14.4 Å². The van der Waals surface area contributed by atoms with Crippen LogP contribution >= 0.6 is 23.2 Å². The highest BCUT2D eigenvalue weighted by Crippen LogP contribution is 2.29. The molecule has 0 atom stereocenters. The quantitative estimate of drug-likeness (QED) is 0.522. The summed E-state index contributed by atoms with van der Waals surface area (Å²) >= 11 is 12.2. The van der Waals surface area contributed by atoms with Crippen molar-refractivity contribution in [3.63, 3.8) is 0 Å². The Bertz CT molecular complexity index is 872. The Hall–Kier alpha value is -2.22. The molecule has 31 heavy (non-hydrogen) atoms. The number of carbonyl (C=O) groups excluding carboxylic acids is 2. The predicted molar refractivity (Wildman–Crippen MR) is 125 cm³/mol. The van der Waals surface area contributed by atoms with E-state index in [0.29, 0.717) is 37.0 Å². The van der Waals surface area contributed by atoms with Gasteiger partial charge in [0.2, 0.25) is 5.91 Å². The maximum absolute atomic E-state index is 13.1. The third-order valence-corrected chi connectivity index (χ3v) is 5.73. The first-order chi connectivity index (χ1) is 14.9. The highest BCUT2D eigenvalue weighted by atomic mass is 35.5. The van der Waals surface area contributed by atoms with E-state index < -0.39 is 6.03 Å². The summed E-state index contributed by atoms with van der Waals surface area (Å²) in [5.74, 6) is -0.151. The van der Waals surface area contributed by atoms with Gasteiger partial charge in [0, 0.05) is 39.1 Å². The van der Waals surface area contributed by atoms with Crippen LogP contribution in [0.25, 0.3) is 0 Å². The molecule has 1 aromatic heterocycles. The van der Waals surface area contributed by atoms with Crippen molar-refractivity contribution in [3.05, 3.63) is 52.3 Å². The van der Waals surface area contributed by atoms with Crippen LogP contribution in [0.2, 0.25) is 10.0 Å². The van der Waals surface area contributed by atoms with E-state index in [2.05, 4.69) is 5.32 Å². The molecule has 0 spiro atoms. The van der Waals surface area contributed by atoms with E-state index in [1.54, 1.807) is 30.2 Å². The lowest BCUT2D eigenvalue weighted by atomic mass is 10.3. The summed E-state index contributed by atoms with van der Waals surface area (Å²) in [6.07, 6.45) is 3.61. The maximum atomic E-state index is 13.1. The molecule has 1 aromatic carbocycles. The summed E-state index contributed by atoms with van der Waals surface area (Å²) in [7, 11) is 3.53. The number of aryl methyl sites for hydroxylation is 1. The molecule has 0 saturated carbocycles. The minimum atomic E-state index is -0.392. The van der Waals surface area contributed by atoms with Crippen LogP contribution in [0.4, 0.5) is 10.5 Å². The molecule has 2 aromatic rings. The molecule has 0 aliphatic carbocycles. The molecule has 170 valence electrons. The Morgan fingerprint density at radius 2 is 1.90 bits per heavy atom. The van der Waals surface area contributed by atoms with E-state index in [9.17, 15) is 9.59 Å². The number of hydrogen-bond donors (Lipinski definition) is 1. The van der Waals surface area contributed by atoms with E-state index in [1.807, 2.05) is 36.9 Å². The molecule has 0 aliphatic rings. The number of anilines is 1. The second kappa shape index (κ2) is 12.6. The van der Waals surface area contributed by atoms with Crippen LogP contribution in [0, 0.1) is 0 Å². The number of nitrogens with zero attached hydrogens (tertiary/aromatic N) is 3. The first kappa shape index (κ1) is 25.0. The standard InChI is InChI=1S/C22H30Cl2N4O3/c1-4-5-12-28(22(30)25-19-10-6-9-18(23)21(19)24)16-20(29)27(13-14-31-3)15-17-8-7-11-26(17)2/h6-11H,4-5,12-16H2,1-3H3,(H,25,30). The van der Waals surface area contributed by atoms with Gasteiger partial charge in [-0.25, -0.2) is 4.79 Å². The second-order valence-electron chi connectivity index (χ2n) is 7.23. The first-order valence-corrected chi connectivity index (χ1v) is 11.0. The zero-order chi connectivity index (χ0) is 22.8. The molecule has 0 unspecified atom stereocenters. The molecule has 2 rings (SSSR count). The lowest BCUT2D eigenvalue weighted by Gasteiger charge is -2.28. The van der Waals surface area contributed by atoms with Gasteiger partial charge in [-0.1, -0.05) is 42.6 Å². The topological polar surface area (TPSA) is 66.8 Å². The Labute approximate surface area is 193 Å². The fraction of sp³-hybridized carbons (Fsp3) is 0.455. The summed E-state index contributed by atoms with van der Waals surface area (Å²) < 4.78 is 7.14. The molecule has 9 heteroatoms. The third-order valence-electron chi connectivity index (χ3n) is 4.91. The average Bonchev–Trinajstić information content (AvgIpc) is 3.15. The van der Waals surface area contributed by atoms with E-state index in [1.165, 1.54) is 4.90 Å². The van der Waals surface area contributed by atoms with Crippen molar-refractivity contribution < 1.29 is 14.3 Å². The predicted octanol–water partition coefficient (Wildman–Crippen LogP) is 4.64. The van der Waals surface area contributed by atoms with Crippen molar-refractivity contribution in [3.8, 4) is 0 Å². The van der Waals surface area contributed by atoms with E-state index >= 15 is 0 Å². The number of unbranched alkanes of at least 4 members (excludes halogenated alkanes) is 1. The van der Waals surface area contributed by atoms with Crippen LogP contribution in [0.5, 0.6) is 0 Å². The van der Waals surface area contributed by atoms with Gasteiger partial charge in [0.05, 0.1) is 28.9 Å². The van der Waals surface area contributed by atoms with Crippen molar-refractivity contribution in [1.29, 1.82) is 0 Å². The number of halogens is 2. The summed E-state index contributed by atoms with van der Waals surface area (Å²) in [4.78, 5) is 29.3. The molecule has 0 saturated heterocycles. The molecule has 0 radical (unpaired) electrons. The molecule has 0 aliphatic heterocycles. The lowest BCUT2D eigenvalue weighted by molar-refractivity contribution is -0.133. The second-order valence-corrected chi connectivity index (χ2v) is 8.01. The highest BCUT2D eigenvalue weighted by Gasteiger charge is 2.22. The van der Waals surface area contributed by atoms with Crippen LogP contribution < -0.4 is 5.32 Å². The van der Waals surface area contributed by atoms with Gasteiger partial charge >= 0.3 is 6.03 Å². The molecule has 1 N–H and O–H groups in total. The van der Waals surface area contributed by atoms with Crippen LogP contribution in [-0.2, 0) is 23.1 Å². The monoisotopic (exact) mass is 468 g/mol. The van der Waals surface area contributed by atoms with E-state index in [4.69, 9.17) is 27.9 Å². The van der Waals surface area contributed by atoms with E-state index in [-0.39, 0.29) is 17.5 Å². The van der Waals surface area contributed by atoms with Crippen molar-refractivity contribution in [2.24, 2.45) is 7.05 Å². The number of rotatable bonds is 11. The van der Waals surface area contributed by atoms with Crippen molar-refractivity contribution >= 4 is 40.8 Å². The van der Waals surface area contributed by atoms with Gasteiger partial charge < -0.3 is 24.4 Å². The minimum Gasteiger partial charge on any atom is -0.383 e. The number of aromatic nitrogens is 1. The highest BCUT2D eigenvalue weighted by molar-refractivity contribution is 6.43. The summed E-state index contributed by atoms with van der Waals surface area (Å²) in [6.45, 7) is 3.73. The Balaban J connectivity index is 2.13. The molecule has 0 bridgehead atoms. The van der Waals surface area contributed by atoms with Crippen LogP contribution in [0.1, 0.15) is 25.5 Å². The van der Waals surface area contributed by atoms with Crippen LogP contribution in [-0.4, -0.2) is 59.7 Å². The zero-order valence-electron chi connectivity index (χ0n) is 18.2. The van der Waals surface area contributed by atoms with Gasteiger partial charge in [-0.05, 0) is 30.7 Å². The Morgan fingerprint density at radius 3 is 2.55 bits per heavy atom. The fourth-order valence-corrected chi connectivity index (χ4v) is 3.36. The number of carbonyl (C=O) groups is 2. The van der Waals surface area contributed by atoms with Gasteiger partial charge in [0.1, 0.15) is 6.54 Å². The number of urea groups is 1. The summed E-state index contributed by atoms with van der Waals surface area (Å²) in [5, 5.41) is 3.39. The SMILES string of the molecule is CCCCN(CC(=O)N(CCOC)Cc1cccn1C)C(=O)Nc1cccc(Cl)c1Cl. The number of nitrogens with one attached hydrogen (secondary N) is 1. The smallest absolute Gasteiger partial charge is 0.322 e. The fourth-order valence-electron chi connectivity index (χ4n) is 3.01. The molecule has 7 nitrogen and oxygen atoms in total. The first-order valence-electron chi connectivity index (χ1n) is 10.2. The van der Waals surface area contributed by atoms with E-state index in [0.717, 1.165) is 18.5 Å². The average molecular weight is 469 g/mol. The third kappa shape index (κ3) is 7.45. The van der Waals surface area contributed by atoms with Gasteiger partial charge in [-0.3, -0.25) is 4.79 Å². The van der Waals surface area contributed by atoms with Gasteiger partial charge in [-0.2, -0.15) is 0 Å². The molecule has 1 heterocycles. The Morgan fingerprint density at radius 1 is 1.13 bits per heavy atom. The van der Waals surface area contributed by atoms with Crippen LogP contribution in [0.3, 0.4) is 0 Å². The zero-order valence-corrected chi connectivity index (χ0v) is 19.7.